The van der Waals surface area contributed by atoms with Gasteiger partial charge in [-0.25, -0.2) is 4.98 Å². The molecule has 1 aliphatic heterocycles. The van der Waals surface area contributed by atoms with Crippen LogP contribution in [0.25, 0.3) is 5.65 Å². The van der Waals surface area contributed by atoms with Crippen LogP contribution in [0.2, 0.25) is 0 Å². The zero-order chi connectivity index (χ0) is 17.6. The first-order valence-corrected chi connectivity index (χ1v) is 8.32. The Morgan fingerprint density at radius 1 is 1.24 bits per heavy atom. The van der Waals surface area contributed by atoms with Gasteiger partial charge in [0.2, 0.25) is 0 Å². The van der Waals surface area contributed by atoms with Crippen LogP contribution >= 0.6 is 0 Å². The van der Waals surface area contributed by atoms with Crippen molar-refractivity contribution >= 4 is 17.4 Å². The van der Waals surface area contributed by atoms with Crippen LogP contribution in [0, 0.1) is 13.8 Å². The molecule has 3 aromatic rings. The Labute approximate surface area is 145 Å². The Morgan fingerprint density at radius 2 is 2.08 bits per heavy atom. The van der Waals surface area contributed by atoms with Gasteiger partial charge in [-0.1, -0.05) is 12.1 Å². The highest BCUT2D eigenvalue weighted by molar-refractivity contribution is 5.96. The molecule has 5 nitrogen and oxygen atoms in total. The van der Waals surface area contributed by atoms with Crippen LogP contribution in [0.5, 0.6) is 5.75 Å². The van der Waals surface area contributed by atoms with Gasteiger partial charge in [-0.3, -0.25) is 14.0 Å². The number of fused-ring (bicyclic) bond motifs is 2. The number of hydrogen-bond donors (Lipinski definition) is 0. The van der Waals surface area contributed by atoms with Gasteiger partial charge in [0, 0.05) is 18.2 Å². The number of pyridine rings is 1. The molecule has 0 radical (unpaired) electrons. The van der Waals surface area contributed by atoms with E-state index in [2.05, 4.69) is 4.98 Å². The summed E-state index contributed by atoms with van der Waals surface area (Å²) >= 11 is 0. The maximum absolute atomic E-state index is 12.7. The smallest absolute Gasteiger partial charge is 0.315 e. The number of carbonyl (C=O) groups excluding carboxylic acids is 2. The van der Waals surface area contributed by atoms with Crippen molar-refractivity contribution in [2.45, 2.75) is 33.1 Å². The molecule has 0 fully saturated rings. The van der Waals surface area contributed by atoms with E-state index in [0.717, 1.165) is 28.0 Å². The third-order valence-electron chi connectivity index (χ3n) is 4.54. The number of hydrogen-bond acceptors (Lipinski definition) is 4. The summed E-state index contributed by atoms with van der Waals surface area (Å²) in [5.41, 5.74) is 5.25. The normalized spacial score (nSPS) is 13.1. The van der Waals surface area contributed by atoms with Crippen molar-refractivity contribution in [1.29, 1.82) is 0 Å². The predicted octanol–water partition coefficient (Wildman–Crippen LogP) is 3.23. The van der Waals surface area contributed by atoms with E-state index < -0.39 is 0 Å². The molecule has 126 valence electrons. The number of aryl methyl sites for hydroxylation is 3. The molecule has 4 rings (SSSR count). The van der Waals surface area contributed by atoms with E-state index in [0.29, 0.717) is 30.7 Å². The third kappa shape index (κ3) is 2.82. The first-order chi connectivity index (χ1) is 12.0. The van der Waals surface area contributed by atoms with Crippen molar-refractivity contribution in [3.63, 3.8) is 0 Å². The topological polar surface area (TPSA) is 60.7 Å². The van der Waals surface area contributed by atoms with Crippen LogP contribution in [0.4, 0.5) is 0 Å². The lowest BCUT2D eigenvalue weighted by Gasteiger charge is -2.05. The quantitative estimate of drug-likeness (QED) is 0.417. The summed E-state index contributed by atoms with van der Waals surface area (Å²) in [6.07, 6.45) is 3.23. The maximum Gasteiger partial charge on any atom is 0.315 e. The number of ether oxygens (including phenoxy) is 1. The minimum absolute atomic E-state index is 0.0710. The molecule has 5 heteroatoms. The summed E-state index contributed by atoms with van der Waals surface area (Å²) in [4.78, 5) is 28.6. The maximum atomic E-state index is 12.7. The second kappa shape index (κ2) is 5.84. The van der Waals surface area contributed by atoms with Gasteiger partial charge in [0.15, 0.2) is 5.78 Å². The monoisotopic (exact) mass is 334 g/mol. The second-order valence-corrected chi connectivity index (χ2v) is 6.49. The molecule has 0 amide bonds. The Hall–Kier alpha value is -2.95. The molecule has 25 heavy (non-hydrogen) atoms. The van der Waals surface area contributed by atoms with E-state index in [1.165, 1.54) is 0 Å². The van der Waals surface area contributed by atoms with Gasteiger partial charge in [-0.2, -0.15) is 0 Å². The first-order valence-electron chi connectivity index (χ1n) is 8.32. The van der Waals surface area contributed by atoms with Gasteiger partial charge in [0.25, 0.3) is 0 Å². The van der Waals surface area contributed by atoms with Crippen LogP contribution in [-0.2, 0) is 17.6 Å². The molecule has 0 saturated carbocycles. The fourth-order valence-electron chi connectivity index (χ4n) is 3.32. The van der Waals surface area contributed by atoms with Crippen LogP contribution < -0.4 is 4.74 Å². The molecule has 0 spiro atoms. The Balaban J connectivity index is 1.54. The second-order valence-electron chi connectivity index (χ2n) is 6.49. The highest BCUT2D eigenvalue weighted by atomic mass is 16.5. The van der Waals surface area contributed by atoms with E-state index in [4.69, 9.17) is 4.74 Å². The van der Waals surface area contributed by atoms with E-state index in [1.807, 2.05) is 54.8 Å². The van der Waals surface area contributed by atoms with Crippen molar-refractivity contribution in [2.24, 2.45) is 0 Å². The first kappa shape index (κ1) is 15.6. The fourth-order valence-corrected chi connectivity index (χ4v) is 3.32. The van der Waals surface area contributed by atoms with Crippen LogP contribution in [0.3, 0.4) is 0 Å². The van der Waals surface area contributed by atoms with Gasteiger partial charge in [0.1, 0.15) is 17.1 Å². The molecule has 0 atom stereocenters. The summed E-state index contributed by atoms with van der Waals surface area (Å²) in [6.45, 7) is 3.88. The van der Waals surface area contributed by atoms with E-state index >= 15 is 0 Å². The molecule has 2 aromatic heterocycles. The Bertz CT molecular complexity index is 1020. The average molecular weight is 334 g/mol. The lowest BCUT2D eigenvalue weighted by Crippen LogP contribution is -2.07. The van der Waals surface area contributed by atoms with Crippen molar-refractivity contribution in [3.05, 3.63) is 64.6 Å². The van der Waals surface area contributed by atoms with Gasteiger partial charge in [0.05, 0.1) is 12.1 Å². The molecular formula is C20H18N2O3. The molecule has 0 aliphatic carbocycles. The summed E-state index contributed by atoms with van der Waals surface area (Å²) in [6, 6.07) is 9.62. The van der Waals surface area contributed by atoms with Gasteiger partial charge >= 0.3 is 5.97 Å². The molecule has 3 heterocycles. The van der Waals surface area contributed by atoms with E-state index in [-0.39, 0.29) is 11.8 Å². The summed E-state index contributed by atoms with van der Waals surface area (Å²) in [7, 11) is 0. The van der Waals surface area contributed by atoms with Crippen molar-refractivity contribution in [1.82, 2.24) is 9.38 Å². The predicted molar refractivity (Wildman–Crippen MR) is 93.1 cm³/mol. The highest BCUT2D eigenvalue weighted by Crippen LogP contribution is 2.27. The molecule has 0 N–H and O–H groups in total. The van der Waals surface area contributed by atoms with E-state index in [9.17, 15) is 9.59 Å². The number of carbonyl (C=O) groups is 2. The molecular weight excluding hydrogens is 316 g/mol. The van der Waals surface area contributed by atoms with Gasteiger partial charge in [-0.05, 0) is 49.6 Å². The summed E-state index contributed by atoms with van der Waals surface area (Å²) in [5, 5.41) is 0. The van der Waals surface area contributed by atoms with Gasteiger partial charge in [-0.15, -0.1) is 0 Å². The number of Topliss-reactive ketones (excluding diaryl/α,β-unsaturated/α-hetero) is 1. The number of ketones is 1. The van der Waals surface area contributed by atoms with Crippen molar-refractivity contribution < 1.29 is 14.3 Å². The number of esters is 1. The zero-order valence-corrected chi connectivity index (χ0v) is 14.2. The SMILES string of the molecule is Cc1ccn2c(C(=O)CCc3ccc4c(c3)CC(=O)O4)c(C)nc2c1. The molecule has 1 aromatic carbocycles. The number of imidazole rings is 1. The minimum atomic E-state index is -0.222. The fraction of sp³-hybridized carbons (Fsp3) is 0.250. The number of rotatable bonds is 4. The largest absolute Gasteiger partial charge is 0.426 e. The highest BCUT2D eigenvalue weighted by Gasteiger charge is 2.21. The number of aromatic nitrogens is 2. The minimum Gasteiger partial charge on any atom is -0.426 e. The third-order valence-corrected chi connectivity index (χ3v) is 4.54. The Morgan fingerprint density at radius 3 is 2.92 bits per heavy atom. The lowest BCUT2D eigenvalue weighted by molar-refractivity contribution is -0.131. The van der Waals surface area contributed by atoms with Crippen molar-refractivity contribution in [2.75, 3.05) is 0 Å². The molecule has 1 aliphatic rings. The summed E-state index contributed by atoms with van der Waals surface area (Å²) < 4.78 is 6.96. The van der Waals surface area contributed by atoms with Crippen molar-refractivity contribution in [3.8, 4) is 5.75 Å². The summed E-state index contributed by atoms with van der Waals surface area (Å²) in [5.74, 6) is 0.481. The number of benzene rings is 1. The number of nitrogens with zero attached hydrogens (tertiary/aromatic N) is 2. The molecule has 0 bridgehead atoms. The van der Waals surface area contributed by atoms with Crippen LogP contribution in [0.15, 0.2) is 36.5 Å². The van der Waals surface area contributed by atoms with E-state index in [1.54, 1.807) is 0 Å². The standard InChI is InChI=1S/C20H18N2O3/c1-12-7-8-22-18(9-12)21-13(2)20(22)16(23)5-3-14-4-6-17-15(10-14)11-19(24)25-17/h4,6-10H,3,5,11H2,1-2H3. The molecule has 0 unspecified atom stereocenters. The van der Waals surface area contributed by atoms with Crippen LogP contribution in [-0.4, -0.2) is 21.1 Å². The average Bonchev–Trinajstić information content (AvgIpc) is 3.09. The molecule has 0 saturated heterocycles. The Kier molecular flexibility index (Phi) is 3.64. The van der Waals surface area contributed by atoms with Crippen LogP contribution in [0.1, 0.15) is 39.3 Å². The van der Waals surface area contributed by atoms with Gasteiger partial charge < -0.3 is 4.74 Å². The zero-order valence-electron chi connectivity index (χ0n) is 14.2. The lowest BCUT2D eigenvalue weighted by atomic mass is 10.0.